The Morgan fingerprint density at radius 1 is 0.833 bits per heavy atom. The van der Waals surface area contributed by atoms with E-state index >= 15 is 0 Å². The predicted molar refractivity (Wildman–Crippen MR) is 98.2 cm³/mol. The number of hydrogen-bond donors (Lipinski definition) is 1. The number of hydrogen-bond acceptors (Lipinski definition) is 2. The van der Waals surface area contributed by atoms with Crippen molar-refractivity contribution in [1.82, 2.24) is 15.0 Å². The van der Waals surface area contributed by atoms with Gasteiger partial charge in [0.15, 0.2) is 0 Å². The summed E-state index contributed by atoms with van der Waals surface area (Å²) in [6.07, 6.45) is 5.43. The lowest BCUT2D eigenvalue weighted by molar-refractivity contribution is 0.890. The topological polar surface area (TPSA) is 41.6 Å². The number of nitrogens with one attached hydrogen (secondary N) is 1. The molecule has 0 radical (unpaired) electrons. The molecule has 0 atom stereocenters. The first-order valence-electron chi connectivity index (χ1n) is 7.91. The zero-order valence-electron chi connectivity index (χ0n) is 13.0. The molecular weight excluding hydrogens is 318 g/mol. The zero-order valence-corrected chi connectivity index (χ0v) is 13.8. The van der Waals surface area contributed by atoms with Gasteiger partial charge in [-0.1, -0.05) is 29.8 Å². The van der Waals surface area contributed by atoms with Crippen LogP contribution in [0.5, 0.6) is 0 Å². The Hall–Kier alpha value is -2.65. The number of nitrogens with zero attached hydrogens (tertiary/aromatic N) is 2. The van der Waals surface area contributed by atoms with Crippen LogP contribution in [0.3, 0.4) is 0 Å². The molecule has 0 unspecified atom stereocenters. The molecule has 0 aliphatic heterocycles. The summed E-state index contributed by atoms with van der Waals surface area (Å²) in [6.45, 7) is 0. The Morgan fingerprint density at radius 2 is 1.62 bits per heavy atom. The Labute approximate surface area is 145 Å². The maximum absolute atomic E-state index is 5.93. The first-order valence-corrected chi connectivity index (χ1v) is 8.29. The Kier molecular flexibility index (Phi) is 4.01. The van der Waals surface area contributed by atoms with E-state index in [2.05, 4.69) is 45.3 Å². The number of imidazole rings is 1. The molecule has 0 aliphatic carbocycles. The van der Waals surface area contributed by atoms with Crippen LogP contribution in [-0.2, 0) is 12.8 Å². The van der Waals surface area contributed by atoms with Crippen LogP contribution in [0.2, 0.25) is 5.02 Å². The fourth-order valence-corrected chi connectivity index (χ4v) is 2.94. The number of halogens is 1. The highest BCUT2D eigenvalue weighted by Crippen LogP contribution is 2.23. The summed E-state index contributed by atoms with van der Waals surface area (Å²) in [5.41, 5.74) is 5.65. The van der Waals surface area contributed by atoms with Gasteiger partial charge in [0.05, 0.1) is 11.0 Å². The number of pyridine rings is 1. The minimum absolute atomic E-state index is 0.770. The SMILES string of the molecule is Clc1ccc(CCc2nc3ccc(-c4ccncc4)cc3[nH]2)cc1. The second kappa shape index (κ2) is 6.46. The van der Waals surface area contributed by atoms with Gasteiger partial charge in [0, 0.05) is 23.8 Å². The molecule has 2 aromatic heterocycles. The van der Waals surface area contributed by atoms with E-state index in [0.29, 0.717) is 0 Å². The summed E-state index contributed by atoms with van der Waals surface area (Å²) < 4.78 is 0. The van der Waals surface area contributed by atoms with Gasteiger partial charge in [-0.15, -0.1) is 0 Å². The first kappa shape index (κ1) is 14.9. The van der Waals surface area contributed by atoms with Gasteiger partial charge in [0.2, 0.25) is 0 Å². The van der Waals surface area contributed by atoms with E-state index in [1.807, 2.05) is 36.7 Å². The molecule has 24 heavy (non-hydrogen) atoms. The molecule has 3 nitrogen and oxygen atoms in total. The minimum atomic E-state index is 0.770. The van der Waals surface area contributed by atoms with E-state index in [1.54, 1.807) is 0 Å². The van der Waals surface area contributed by atoms with E-state index in [1.165, 1.54) is 5.56 Å². The molecule has 4 aromatic rings. The van der Waals surface area contributed by atoms with Crippen molar-refractivity contribution in [3.8, 4) is 11.1 Å². The van der Waals surface area contributed by atoms with E-state index in [0.717, 1.165) is 45.8 Å². The molecule has 0 saturated heterocycles. The standard InChI is InChI=1S/C20H16ClN3/c21-17-5-1-14(2-6-17)3-8-20-23-18-7-4-16(13-19(18)24-20)15-9-11-22-12-10-15/h1-2,4-7,9-13H,3,8H2,(H,23,24). The lowest BCUT2D eigenvalue weighted by Crippen LogP contribution is -1.93. The summed E-state index contributed by atoms with van der Waals surface area (Å²) in [5.74, 6) is 1.01. The molecule has 4 rings (SSSR count). The highest BCUT2D eigenvalue weighted by atomic mass is 35.5. The second-order valence-electron chi connectivity index (χ2n) is 5.78. The van der Waals surface area contributed by atoms with E-state index in [-0.39, 0.29) is 0 Å². The van der Waals surface area contributed by atoms with E-state index < -0.39 is 0 Å². The van der Waals surface area contributed by atoms with Crippen LogP contribution >= 0.6 is 11.6 Å². The predicted octanol–water partition coefficient (Wildman–Crippen LogP) is 5.06. The molecule has 4 heteroatoms. The maximum atomic E-state index is 5.93. The van der Waals surface area contributed by atoms with Crippen LogP contribution in [-0.4, -0.2) is 15.0 Å². The highest BCUT2D eigenvalue weighted by molar-refractivity contribution is 6.30. The molecule has 0 fully saturated rings. The molecule has 0 saturated carbocycles. The molecule has 0 aliphatic rings. The molecule has 0 spiro atoms. The Bertz CT molecular complexity index is 959. The van der Waals surface area contributed by atoms with E-state index in [9.17, 15) is 0 Å². The maximum Gasteiger partial charge on any atom is 0.107 e. The third-order valence-electron chi connectivity index (χ3n) is 4.11. The van der Waals surface area contributed by atoms with Crippen LogP contribution in [0.25, 0.3) is 22.2 Å². The number of fused-ring (bicyclic) bond motifs is 1. The van der Waals surface area contributed by atoms with Crippen molar-refractivity contribution >= 4 is 22.6 Å². The number of benzene rings is 2. The summed E-state index contributed by atoms with van der Waals surface area (Å²) >= 11 is 5.93. The minimum Gasteiger partial charge on any atom is -0.342 e. The van der Waals surface area contributed by atoms with Gasteiger partial charge >= 0.3 is 0 Å². The van der Waals surface area contributed by atoms with Crippen molar-refractivity contribution in [3.05, 3.63) is 83.4 Å². The average molecular weight is 334 g/mol. The third-order valence-corrected chi connectivity index (χ3v) is 4.36. The number of aryl methyl sites for hydroxylation is 2. The Morgan fingerprint density at radius 3 is 2.42 bits per heavy atom. The number of aromatic amines is 1. The zero-order chi connectivity index (χ0) is 16.4. The molecule has 1 N–H and O–H groups in total. The first-order chi connectivity index (χ1) is 11.8. The summed E-state index contributed by atoms with van der Waals surface area (Å²) in [7, 11) is 0. The quantitative estimate of drug-likeness (QED) is 0.567. The van der Waals surface area contributed by atoms with Crippen molar-refractivity contribution in [2.75, 3.05) is 0 Å². The average Bonchev–Trinajstić information content (AvgIpc) is 3.04. The van der Waals surface area contributed by atoms with Crippen LogP contribution < -0.4 is 0 Å². The van der Waals surface area contributed by atoms with Crippen LogP contribution in [0.4, 0.5) is 0 Å². The van der Waals surface area contributed by atoms with Gasteiger partial charge in [0.25, 0.3) is 0 Å². The smallest absolute Gasteiger partial charge is 0.107 e. The van der Waals surface area contributed by atoms with Crippen LogP contribution in [0.15, 0.2) is 67.0 Å². The van der Waals surface area contributed by atoms with Gasteiger partial charge in [-0.25, -0.2) is 4.98 Å². The normalized spacial score (nSPS) is 11.0. The molecule has 2 heterocycles. The van der Waals surface area contributed by atoms with Gasteiger partial charge in [0.1, 0.15) is 5.82 Å². The third kappa shape index (κ3) is 3.17. The Balaban J connectivity index is 1.56. The fraction of sp³-hybridized carbons (Fsp3) is 0.100. The molecule has 0 amide bonds. The van der Waals surface area contributed by atoms with Crippen molar-refractivity contribution in [2.24, 2.45) is 0 Å². The van der Waals surface area contributed by atoms with Gasteiger partial charge in [-0.05, 0) is 59.5 Å². The number of H-pyrrole nitrogens is 1. The molecule has 118 valence electrons. The van der Waals surface area contributed by atoms with Crippen molar-refractivity contribution in [2.45, 2.75) is 12.8 Å². The van der Waals surface area contributed by atoms with E-state index in [4.69, 9.17) is 11.6 Å². The van der Waals surface area contributed by atoms with Crippen molar-refractivity contribution in [3.63, 3.8) is 0 Å². The molecule has 0 bridgehead atoms. The monoisotopic (exact) mass is 333 g/mol. The van der Waals surface area contributed by atoms with Crippen molar-refractivity contribution < 1.29 is 0 Å². The summed E-state index contributed by atoms with van der Waals surface area (Å²) in [4.78, 5) is 12.2. The lowest BCUT2D eigenvalue weighted by atomic mass is 10.1. The van der Waals surface area contributed by atoms with Gasteiger partial charge in [-0.3, -0.25) is 4.98 Å². The highest BCUT2D eigenvalue weighted by Gasteiger charge is 2.05. The van der Waals surface area contributed by atoms with Crippen LogP contribution in [0, 0.1) is 0 Å². The number of rotatable bonds is 4. The van der Waals surface area contributed by atoms with Gasteiger partial charge < -0.3 is 4.98 Å². The summed E-state index contributed by atoms with van der Waals surface area (Å²) in [5, 5.41) is 0.770. The van der Waals surface area contributed by atoms with Crippen LogP contribution in [0.1, 0.15) is 11.4 Å². The lowest BCUT2D eigenvalue weighted by Gasteiger charge is -2.00. The summed E-state index contributed by atoms with van der Waals surface area (Å²) in [6, 6.07) is 18.3. The molecule has 2 aromatic carbocycles. The fourth-order valence-electron chi connectivity index (χ4n) is 2.82. The number of aromatic nitrogens is 3. The second-order valence-corrected chi connectivity index (χ2v) is 6.21. The molecular formula is C20H16ClN3. The largest absolute Gasteiger partial charge is 0.342 e. The van der Waals surface area contributed by atoms with Crippen molar-refractivity contribution in [1.29, 1.82) is 0 Å². The van der Waals surface area contributed by atoms with Gasteiger partial charge in [-0.2, -0.15) is 0 Å².